The molecule has 1 aromatic carbocycles. The fourth-order valence-electron chi connectivity index (χ4n) is 1.94. The number of carbonyl (C=O) groups is 1. The highest BCUT2D eigenvalue weighted by Gasteiger charge is 2.08. The Labute approximate surface area is 135 Å². The SMILES string of the molecule is O=C(NCc1cc(F)ccc1F)Nc1cnn(-c2ncccn2)c1. The number of nitrogens with one attached hydrogen (secondary N) is 2. The van der Waals surface area contributed by atoms with Crippen molar-refractivity contribution in [2.24, 2.45) is 0 Å². The number of rotatable bonds is 4. The van der Waals surface area contributed by atoms with Crippen molar-refractivity contribution < 1.29 is 13.6 Å². The summed E-state index contributed by atoms with van der Waals surface area (Å²) in [5.41, 5.74) is 0.457. The Bertz CT molecular complexity index is 852. The van der Waals surface area contributed by atoms with Crippen LogP contribution in [0.2, 0.25) is 0 Å². The monoisotopic (exact) mass is 330 g/mol. The van der Waals surface area contributed by atoms with Crippen molar-refractivity contribution in [2.45, 2.75) is 6.54 Å². The molecule has 24 heavy (non-hydrogen) atoms. The summed E-state index contributed by atoms with van der Waals surface area (Å²) < 4.78 is 27.9. The zero-order valence-electron chi connectivity index (χ0n) is 12.3. The van der Waals surface area contributed by atoms with Crippen LogP contribution in [0, 0.1) is 11.6 Å². The number of anilines is 1. The number of halogens is 2. The molecule has 0 aliphatic rings. The van der Waals surface area contributed by atoms with Crippen molar-refractivity contribution >= 4 is 11.7 Å². The largest absolute Gasteiger partial charge is 0.334 e. The third-order valence-corrected chi connectivity index (χ3v) is 3.04. The second-order valence-electron chi connectivity index (χ2n) is 4.77. The van der Waals surface area contributed by atoms with Crippen LogP contribution < -0.4 is 10.6 Å². The van der Waals surface area contributed by atoms with E-state index in [9.17, 15) is 13.6 Å². The Morgan fingerprint density at radius 2 is 2.00 bits per heavy atom. The van der Waals surface area contributed by atoms with Crippen molar-refractivity contribution in [1.82, 2.24) is 25.1 Å². The van der Waals surface area contributed by atoms with E-state index in [0.29, 0.717) is 11.6 Å². The van der Waals surface area contributed by atoms with Gasteiger partial charge in [-0.1, -0.05) is 0 Å². The van der Waals surface area contributed by atoms with Gasteiger partial charge in [0.25, 0.3) is 0 Å². The summed E-state index contributed by atoms with van der Waals surface area (Å²) in [6.07, 6.45) is 6.07. The highest BCUT2D eigenvalue weighted by Crippen LogP contribution is 2.10. The first-order valence-corrected chi connectivity index (χ1v) is 6.92. The van der Waals surface area contributed by atoms with Crippen molar-refractivity contribution in [3.05, 3.63) is 66.3 Å². The molecule has 3 aromatic rings. The van der Waals surface area contributed by atoms with Crippen LogP contribution in [0.25, 0.3) is 5.95 Å². The summed E-state index contributed by atoms with van der Waals surface area (Å²) in [5, 5.41) is 8.99. The van der Waals surface area contributed by atoms with Gasteiger partial charge in [-0.2, -0.15) is 5.10 Å². The van der Waals surface area contributed by atoms with E-state index >= 15 is 0 Å². The first-order chi connectivity index (χ1) is 11.6. The molecule has 0 saturated heterocycles. The number of amides is 2. The van der Waals surface area contributed by atoms with Gasteiger partial charge in [-0.3, -0.25) is 0 Å². The van der Waals surface area contributed by atoms with Gasteiger partial charge in [-0.15, -0.1) is 0 Å². The topological polar surface area (TPSA) is 84.7 Å². The molecular weight excluding hydrogens is 318 g/mol. The number of urea groups is 1. The average molecular weight is 330 g/mol. The van der Waals surface area contributed by atoms with Crippen LogP contribution in [-0.2, 0) is 6.54 Å². The lowest BCUT2D eigenvalue weighted by molar-refractivity contribution is 0.251. The Morgan fingerprint density at radius 1 is 1.21 bits per heavy atom. The van der Waals surface area contributed by atoms with E-state index in [1.54, 1.807) is 18.5 Å². The number of nitrogens with zero attached hydrogens (tertiary/aromatic N) is 4. The smallest absolute Gasteiger partial charge is 0.319 e. The lowest BCUT2D eigenvalue weighted by atomic mass is 10.2. The van der Waals surface area contributed by atoms with Gasteiger partial charge in [0.2, 0.25) is 5.95 Å². The third-order valence-electron chi connectivity index (χ3n) is 3.04. The molecular formula is C15H12F2N6O. The maximum absolute atomic E-state index is 13.5. The summed E-state index contributed by atoms with van der Waals surface area (Å²) in [4.78, 5) is 19.9. The number of benzene rings is 1. The third kappa shape index (κ3) is 3.69. The number of aromatic nitrogens is 4. The molecule has 0 bridgehead atoms. The van der Waals surface area contributed by atoms with Gasteiger partial charge in [0.05, 0.1) is 18.1 Å². The van der Waals surface area contributed by atoms with Gasteiger partial charge in [0, 0.05) is 24.5 Å². The minimum absolute atomic E-state index is 0.0542. The van der Waals surface area contributed by atoms with E-state index in [0.717, 1.165) is 18.2 Å². The van der Waals surface area contributed by atoms with Crippen LogP contribution >= 0.6 is 0 Å². The predicted octanol–water partition coefficient (Wildman–Crippen LogP) is 2.26. The van der Waals surface area contributed by atoms with Crippen molar-refractivity contribution in [2.75, 3.05) is 5.32 Å². The van der Waals surface area contributed by atoms with E-state index < -0.39 is 17.7 Å². The molecule has 0 aliphatic heterocycles. The molecule has 122 valence electrons. The van der Waals surface area contributed by atoms with E-state index in [4.69, 9.17) is 0 Å². The quantitative estimate of drug-likeness (QED) is 0.768. The molecule has 2 heterocycles. The second-order valence-corrected chi connectivity index (χ2v) is 4.77. The molecule has 7 nitrogen and oxygen atoms in total. The highest BCUT2D eigenvalue weighted by molar-refractivity contribution is 5.88. The molecule has 0 saturated carbocycles. The molecule has 2 amide bonds. The standard InChI is InChI=1S/C15H12F2N6O/c16-11-2-3-13(17)10(6-11)7-20-15(24)22-12-8-21-23(9-12)14-18-4-1-5-19-14/h1-6,8-9H,7H2,(H2,20,22,24). The molecule has 0 unspecified atom stereocenters. The normalized spacial score (nSPS) is 10.4. The van der Waals surface area contributed by atoms with E-state index in [1.807, 2.05) is 0 Å². The molecule has 0 spiro atoms. The molecule has 0 radical (unpaired) electrons. The van der Waals surface area contributed by atoms with Gasteiger partial charge >= 0.3 is 6.03 Å². The minimum Gasteiger partial charge on any atom is -0.334 e. The van der Waals surface area contributed by atoms with Crippen molar-refractivity contribution in [3.8, 4) is 5.95 Å². The maximum atomic E-state index is 13.5. The summed E-state index contributed by atoms with van der Waals surface area (Å²) in [6.45, 7) is -0.147. The van der Waals surface area contributed by atoms with Gasteiger partial charge in [0.1, 0.15) is 11.6 Å². The summed E-state index contributed by atoms with van der Waals surface area (Å²) in [6, 6.07) is 4.14. The lowest BCUT2D eigenvalue weighted by Gasteiger charge is -2.07. The fourth-order valence-corrected chi connectivity index (χ4v) is 1.94. The minimum atomic E-state index is -0.592. The second kappa shape index (κ2) is 6.82. The molecule has 0 atom stereocenters. The Morgan fingerprint density at radius 3 is 2.79 bits per heavy atom. The van der Waals surface area contributed by atoms with Gasteiger partial charge in [-0.05, 0) is 24.3 Å². The molecule has 3 rings (SSSR count). The average Bonchev–Trinajstić information content (AvgIpc) is 3.05. The van der Waals surface area contributed by atoms with Crippen LogP contribution in [0.5, 0.6) is 0 Å². The summed E-state index contributed by atoms with van der Waals surface area (Å²) in [5.74, 6) is -0.809. The first-order valence-electron chi connectivity index (χ1n) is 6.92. The molecule has 0 aliphatic carbocycles. The Hall–Kier alpha value is -3.36. The lowest BCUT2D eigenvalue weighted by Crippen LogP contribution is -2.28. The van der Waals surface area contributed by atoms with E-state index in [1.165, 1.54) is 17.1 Å². The fraction of sp³-hybridized carbons (Fsp3) is 0.0667. The molecule has 2 aromatic heterocycles. The zero-order valence-corrected chi connectivity index (χ0v) is 12.3. The van der Waals surface area contributed by atoms with Crippen LogP contribution in [0.15, 0.2) is 49.1 Å². The van der Waals surface area contributed by atoms with Crippen molar-refractivity contribution in [1.29, 1.82) is 0 Å². The van der Waals surface area contributed by atoms with Crippen LogP contribution in [-0.4, -0.2) is 25.8 Å². The van der Waals surface area contributed by atoms with Gasteiger partial charge in [-0.25, -0.2) is 28.2 Å². The van der Waals surface area contributed by atoms with Crippen LogP contribution in [0.1, 0.15) is 5.56 Å². The van der Waals surface area contributed by atoms with E-state index in [2.05, 4.69) is 25.7 Å². The maximum Gasteiger partial charge on any atom is 0.319 e. The molecule has 2 N–H and O–H groups in total. The molecule has 9 heteroatoms. The Balaban J connectivity index is 1.59. The predicted molar refractivity (Wildman–Crippen MR) is 81.4 cm³/mol. The zero-order chi connectivity index (χ0) is 16.9. The highest BCUT2D eigenvalue weighted by atomic mass is 19.1. The number of hydrogen-bond donors (Lipinski definition) is 2. The van der Waals surface area contributed by atoms with Crippen LogP contribution in [0.4, 0.5) is 19.3 Å². The van der Waals surface area contributed by atoms with Crippen LogP contribution in [0.3, 0.4) is 0 Å². The number of hydrogen-bond acceptors (Lipinski definition) is 4. The Kier molecular flexibility index (Phi) is 4.41. The summed E-state index contributed by atoms with van der Waals surface area (Å²) in [7, 11) is 0. The van der Waals surface area contributed by atoms with Gasteiger partial charge in [0.15, 0.2) is 0 Å². The van der Waals surface area contributed by atoms with E-state index in [-0.39, 0.29) is 12.1 Å². The molecule has 0 fully saturated rings. The summed E-state index contributed by atoms with van der Waals surface area (Å²) >= 11 is 0. The number of carbonyl (C=O) groups excluding carboxylic acids is 1. The van der Waals surface area contributed by atoms with Crippen molar-refractivity contribution in [3.63, 3.8) is 0 Å². The first kappa shape index (κ1) is 15.5. The van der Waals surface area contributed by atoms with Gasteiger partial charge < -0.3 is 10.6 Å².